The molecule has 0 unspecified atom stereocenters. The number of ether oxygens (including phenoxy) is 2. The summed E-state index contributed by atoms with van der Waals surface area (Å²) in [4.78, 5) is 40.0. The first-order valence-corrected chi connectivity index (χ1v) is 13.3. The molecule has 0 atom stereocenters. The van der Waals surface area contributed by atoms with E-state index < -0.39 is 17.8 Å². The third-order valence-corrected chi connectivity index (χ3v) is 6.74. The number of rotatable bonds is 13. The Bertz CT molecular complexity index is 1170. The standard InChI is InChI=1S/C29H35N3O7/c33-25-20-32(23-11-9-22(10-12-23)31-15-18-38-19-16-31)29(37)27(25)28(36)30-21-7-13-24(14-8-21)39-17-5-3-1-2-4-6-26(34)35/h7-14,33H,1-6,15-20H2,(H,30,36)(H,34,35). The lowest BCUT2D eigenvalue weighted by molar-refractivity contribution is -0.137. The number of amides is 2. The molecular weight excluding hydrogens is 502 g/mol. The van der Waals surface area contributed by atoms with Gasteiger partial charge in [0.15, 0.2) is 0 Å². The van der Waals surface area contributed by atoms with Crippen molar-refractivity contribution in [3.05, 3.63) is 59.9 Å². The highest BCUT2D eigenvalue weighted by Gasteiger charge is 2.36. The van der Waals surface area contributed by atoms with Gasteiger partial charge >= 0.3 is 5.97 Å². The maximum absolute atomic E-state index is 13.0. The molecule has 10 nitrogen and oxygen atoms in total. The van der Waals surface area contributed by atoms with E-state index in [-0.39, 0.29) is 24.3 Å². The molecule has 2 aromatic rings. The minimum atomic E-state index is -0.756. The molecular formula is C29H35N3O7. The number of unbranched alkanes of at least 4 members (excludes halogenated alkanes) is 4. The highest BCUT2D eigenvalue weighted by molar-refractivity contribution is 6.29. The third-order valence-electron chi connectivity index (χ3n) is 6.74. The molecule has 0 saturated carbocycles. The van der Waals surface area contributed by atoms with Crippen LogP contribution in [-0.2, 0) is 19.1 Å². The molecule has 4 rings (SSSR count). The second-order valence-electron chi connectivity index (χ2n) is 9.57. The summed E-state index contributed by atoms with van der Waals surface area (Å²) in [6.07, 6.45) is 4.62. The Balaban J connectivity index is 1.23. The van der Waals surface area contributed by atoms with E-state index in [4.69, 9.17) is 14.6 Å². The number of nitrogens with zero attached hydrogens (tertiary/aromatic N) is 2. The molecule has 3 N–H and O–H groups in total. The van der Waals surface area contributed by atoms with Gasteiger partial charge in [0.2, 0.25) is 0 Å². The van der Waals surface area contributed by atoms with E-state index in [0.717, 1.165) is 44.5 Å². The van der Waals surface area contributed by atoms with E-state index >= 15 is 0 Å². The summed E-state index contributed by atoms with van der Waals surface area (Å²) in [5.41, 5.74) is 1.85. The minimum Gasteiger partial charge on any atom is -0.509 e. The maximum atomic E-state index is 13.0. The van der Waals surface area contributed by atoms with Crippen molar-refractivity contribution >= 4 is 34.8 Å². The fraction of sp³-hybridized carbons (Fsp3) is 0.414. The molecule has 0 bridgehead atoms. The molecule has 39 heavy (non-hydrogen) atoms. The van der Waals surface area contributed by atoms with E-state index in [0.29, 0.717) is 43.4 Å². The lowest BCUT2D eigenvalue weighted by atomic mass is 10.1. The van der Waals surface area contributed by atoms with Gasteiger partial charge in [0.1, 0.15) is 17.1 Å². The Morgan fingerprint density at radius 3 is 2.23 bits per heavy atom. The van der Waals surface area contributed by atoms with Gasteiger partial charge in [-0.25, -0.2) is 0 Å². The Hall–Kier alpha value is -4.05. The number of carbonyl (C=O) groups excluding carboxylic acids is 2. The summed E-state index contributed by atoms with van der Waals surface area (Å²) in [7, 11) is 0. The van der Waals surface area contributed by atoms with Crippen LogP contribution in [0.2, 0.25) is 0 Å². The minimum absolute atomic E-state index is 0.0647. The van der Waals surface area contributed by atoms with Crippen LogP contribution in [0.4, 0.5) is 17.1 Å². The SMILES string of the molecule is O=C(O)CCCCCCCOc1ccc(NC(=O)C2=C(O)CN(c3ccc(N4CCOCC4)cc3)C2=O)cc1. The maximum Gasteiger partial charge on any atom is 0.303 e. The van der Waals surface area contributed by atoms with Crippen LogP contribution >= 0.6 is 0 Å². The van der Waals surface area contributed by atoms with Gasteiger partial charge in [0.05, 0.1) is 26.4 Å². The molecule has 0 aromatic heterocycles. The highest BCUT2D eigenvalue weighted by Crippen LogP contribution is 2.28. The molecule has 2 aromatic carbocycles. The van der Waals surface area contributed by atoms with Crippen LogP contribution in [0.3, 0.4) is 0 Å². The number of hydrogen-bond acceptors (Lipinski definition) is 7. The summed E-state index contributed by atoms with van der Waals surface area (Å²) in [5, 5.41) is 21.8. The first-order chi connectivity index (χ1) is 18.9. The largest absolute Gasteiger partial charge is 0.509 e. The topological polar surface area (TPSA) is 129 Å². The van der Waals surface area contributed by atoms with Gasteiger partial charge in [-0.2, -0.15) is 0 Å². The summed E-state index contributed by atoms with van der Waals surface area (Å²) < 4.78 is 11.1. The van der Waals surface area contributed by atoms with Gasteiger partial charge in [0, 0.05) is 36.6 Å². The molecule has 208 valence electrons. The zero-order valence-electron chi connectivity index (χ0n) is 21.9. The van der Waals surface area contributed by atoms with Crippen molar-refractivity contribution in [1.82, 2.24) is 0 Å². The monoisotopic (exact) mass is 537 g/mol. The second kappa shape index (κ2) is 13.7. The number of anilines is 3. The van der Waals surface area contributed by atoms with Gasteiger partial charge < -0.3 is 34.8 Å². The van der Waals surface area contributed by atoms with E-state index in [2.05, 4.69) is 10.2 Å². The van der Waals surface area contributed by atoms with Gasteiger partial charge in [0.25, 0.3) is 11.8 Å². The van der Waals surface area contributed by atoms with Gasteiger partial charge in [-0.1, -0.05) is 19.3 Å². The van der Waals surface area contributed by atoms with Crippen molar-refractivity contribution in [3.63, 3.8) is 0 Å². The number of aliphatic hydroxyl groups excluding tert-OH is 1. The fourth-order valence-corrected chi connectivity index (χ4v) is 4.59. The first-order valence-electron chi connectivity index (χ1n) is 13.3. The number of carbonyl (C=O) groups is 3. The summed E-state index contributed by atoms with van der Waals surface area (Å²) in [5.74, 6) is -1.58. The van der Waals surface area contributed by atoms with E-state index in [1.165, 1.54) is 4.90 Å². The summed E-state index contributed by atoms with van der Waals surface area (Å²) >= 11 is 0. The van der Waals surface area contributed by atoms with Crippen molar-refractivity contribution in [3.8, 4) is 5.75 Å². The van der Waals surface area contributed by atoms with Crippen LogP contribution < -0.4 is 19.9 Å². The zero-order chi connectivity index (χ0) is 27.6. The molecule has 10 heteroatoms. The molecule has 2 heterocycles. The molecule has 2 aliphatic heterocycles. The number of benzene rings is 2. The first kappa shape index (κ1) is 28.0. The van der Waals surface area contributed by atoms with Crippen LogP contribution in [0.1, 0.15) is 38.5 Å². The molecule has 0 radical (unpaired) electrons. The Labute approximate surface area is 227 Å². The van der Waals surface area contributed by atoms with Gasteiger partial charge in [-0.3, -0.25) is 14.4 Å². The number of carboxylic acid groups (broad SMARTS) is 1. The van der Waals surface area contributed by atoms with Gasteiger partial charge in [-0.05, 0) is 61.4 Å². The van der Waals surface area contributed by atoms with Crippen LogP contribution in [0.5, 0.6) is 5.75 Å². The lowest BCUT2D eigenvalue weighted by Crippen LogP contribution is -2.36. The normalized spacial score (nSPS) is 15.5. The predicted octanol–water partition coefficient (Wildman–Crippen LogP) is 4.12. The van der Waals surface area contributed by atoms with Crippen LogP contribution in [0.25, 0.3) is 0 Å². The number of carboxylic acids is 1. The van der Waals surface area contributed by atoms with Crippen LogP contribution in [0.15, 0.2) is 59.9 Å². The third kappa shape index (κ3) is 7.73. The predicted molar refractivity (Wildman–Crippen MR) is 147 cm³/mol. The number of aliphatic carboxylic acids is 1. The smallest absolute Gasteiger partial charge is 0.303 e. The molecule has 1 fully saturated rings. The average Bonchev–Trinajstić information content (AvgIpc) is 3.25. The zero-order valence-corrected chi connectivity index (χ0v) is 21.9. The fourth-order valence-electron chi connectivity index (χ4n) is 4.59. The van der Waals surface area contributed by atoms with E-state index in [1.807, 2.05) is 24.3 Å². The molecule has 0 spiro atoms. The lowest BCUT2D eigenvalue weighted by Gasteiger charge is -2.29. The van der Waals surface area contributed by atoms with Crippen molar-refractivity contribution in [2.75, 3.05) is 54.6 Å². The van der Waals surface area contributed by atoms with Crippen molar-refractivity contribution in [1.29, 1.82) is 0 Å². The Morgan fingerprint density at radius 2 is 1.54 bits per heavy atom. The van der Waals surface area contributed by atoms with Gasteiger partial charge in [-0.15, -0.1) is 0 Å². The molecule has 1 saturated heterocycles. The summed E-state index contributed by atoms with van der Waals surface area (Å²) in [6.45, 7) is 3.45. The molecule has 2 amide bonds. The second-order valence-corrected chi connectivity index (χ2v) is 9.57. The van der Waals surface area contributed by atoms with Crippen molar-refractivity contribution in [2.45, 2.75) is 38.5 Å². The number of aliphatic hydroxyl groups is 1. The van der Waals surface area contributed by atoms with Crippen LogP contribution in [-0.4, -0.2) is 67.5 Å². The van der Waals surface area contributed by atoms with E-state index in [9.17, 15) is 19.5 Å². The average molecular weight is 538 g/mol. The number of nitrogens with one attached hydrogen (secondary N) is 1. The Kier molecular flexibility index (Phi) is 9.80. The Morgan fingerprint density at radius 1 is 0.897 bits per heavy atom. The molecule has 0 aliphatic carbocycles. The summed E-state index contributed by atoms with van der Waals surface area (Å²) in [6, 6.07) is 14.3. The van der Waals surface area contributed by atoms with Crippen molar-refractivity contribution < 1.29 is 34.1 Å². The molecule has 2 aliphatic rings. The highest BCUT2D eigenvalue weighted by atomic mass is 16.5. The number of morpholine rings is 1. The quantitative estimate of drug-likeness (QED) is 0.257. The van der Waals surface area contributed by atoms with Crippen LogP contribution in [0, 0.1) is 0 Å². The number of hydrogen-bond donors (Lipinski definition) is 3. The van der Waals surface area contributed by atoms with Crippen molar-refractivity contribution in [2.24, 2.45) is 0 Å². The van der Waals surface area contributed by atoms with E-state index in [1.54, 1.807) is 24.3 Å².